The molecule has 4 aromatic carbocycles. The first-order valence-corrected chi connectivity index (χ1v) is 17.7. The fourth-order valence-corrected chi connectivity index (χ4v) is 4.70. The minimum absolute atomic E-state index is 0. The molecule has 4 aromatic rings. The summed E-state index contributed by atoms with van der Waals surface area (Å²) in [6.07, 6.45) is 0. The summed E-state index contributed by atoms with van der Waals surface area (Å²) in [6, 6.07) is 23.1. The zero-order valence-electron chi connectivity index (χ0n) is 24.3. The van der Waals surface area contributed by atoms with E-state index >= 15 is 0 Å². The topological polar surface area (TPSA) is 229 Å². The van der Waals surface area contributed by atoms with E-state index in [1.54, 1.807) is 48.5 Å². The number of hydrogen-bond acceptors (Lipinski definition) is 12. The summed E-state index contributed by atoms with van der Waals surface area (Å²) in [5.74, 6) is 0. The van der Waals surface area contributed by atoms with Gasteiger partial charge in [0.25, 0.3) is 0 Å². The molecule has 0 radical (unpaired) electrons. The second-order valence-corrected chi connectivity index (χ2v) is 14.6. The molecule has 0 fully saturated rings. The van der Waals surface area contributed by atoms with E-state index in [4.69, 9.17) is 0 Å². The van der Waals surface area contributed by atoms with Crippen molar-refractivity contribution in [2.24, 2.45) is 0 Å². The Kier molecular flexibility index (Phi) is 16.7. The maximum absolute atomic E-state index is 10.4. The van der Waals surface area contributed by atoms with Crippen LogP contribution in [0, 0.1) is 27.7 Å². The first-order chi connectivity index (χ1) is 20.0. The zero-order valence-corrected chi connectivity index (χ0v) is 29.1. The van der Waals surface area contributed by atoms with E-state index in [2.05, 4.69) is 0 Å². The third-order valence-electron chi connectivity index (χ3n) is 5.24. The summed E-state index contributed by atoms with van der Waals surface area (Å²) in [6.45, 7) is 7.28. The van der Waals surface area contributed by atoms with Crippen LogP contribution in [-0.4, -0.2) is 51.9 Å². The summed E-state index contributed by atoms with van der Waals surface area (Å²) in [4.78, 5) is -0.711. The summed E-state index contributed by atoms with van der Waals surface area (Å²) >= 11 is 0. The fraction of sp³-hybridized carbons (Fsp3) is 0.143. The average Bonchev–Trinajstić information content (AvgIpc) is 2.89. The van der Waals surface area contributed by atoms with Gasteiger partial charge in [0.15, 0.2) is 0 Å². The van der Waals surface area contributed by atoms with Crippen molar-refractivity contribution in [3.63, 3.8) is 0 Å². The normalized spacial score (nSPS) is 11.2. The molecule has 0 aliphatic rings. The van der Waals surface area contributed by atoms with Gasteiger partial charge in [-0.05, 0) is 76.2 Å². The molecule has 0 aliphatic carbocycles. The summed E-state index contributed by atoms with van der Waals surface area (Å²) in [5.41, 5.74) is 3.71. The van der Waals surface area contributed by atoms with Crippen molar-refractivity contribution in [1.29, 1.82) is 0 Å². The molecule has 0 unspecified atom stereocenters. The van der Waals surface area contributed by atoms with Crippen molar-refractivity contribution in [1.82, 2.24) is 0 Å². The predicted octanol–water partition coefficient (Wildman–Crippen LogP) is 3.59. The molecule has 0 saturated carbocycles. The molecular weight excluding hydrogens is 704 g/mol. The molecule has 0 bridgehead atoms. The second-order valence-electron chi connectivity index (χ2n) is 9.07. The van der Waals surface area contributed by atoms with Gasteiger partial charge < -0.3 is 18.2 Å². The van der Waals surface area contributed by atoms with Crippen molar-refractivity contribution in [3.8, 4) is 0 Å². The zero-order chi connectivity index (χ0) is 33.9. The predicted molar refractivity (Wildman–Crippen MR) is 157 cm³/mol. The third kappa shape index (κ3) is 16.9. The number of aryl methyl sites for hydroxylation is 4. The van der Waals surface area contributed by atoms with E-state index < -0.39 is 40.5 Å². The number of benzene rings is 4. The molecule has 0 amide bonds. The van der Waals surface area contributed by atoms with E-state index in [-0.39, 0.29) is 41.3 Å². The number of hydrogen-bond donors (Lipinski definition) is 0. The van der Waals surface area contributed by atoms with Crippen LogP contribution < -0.4 is 0 Å². The molecule has 0 N–H and O–H groups in total. The minimum atomic E-state index is -4.27. The Bertz CT molecular complexity index is 1650. The van der Waals surface area contributed by atoms with Crippen LogP contribution in [0.5, 0.6) is 0 Å². The van der Waals surface area contributed by atoms with E-state index in [0.29, 0.717) is 0 Å². The van der Waals surface area contributed by atoms with Gasteiger partial charge in [-0.25, -0.2) is 33.7 Å². The second kappa shape index (κ2) is 17.8. The first kappa shape index (κ1) is 42.2. The van der Waals surface area contributed by atoms with Crippen LogP contribution in [-0.2, 0) is 62.2 Å². The Hall–Kier alpha value is -2.77. The molecule has 0 saturated heterocycles. The Morgan fingerprint density at radius 3 is 0.511 bits per heavy atom. The van der Waals surface area contributed by atoms with E-state index in [1.165, 1.54) is 48.5 Å². The maximum Gasteiger partial charge on any atom is 4.00 e. The summed E-state index contributed by atoms with van der Waals surface area (Å²) in [5, 5.41) is 0. The largest absolute Gasteiger partial charge is 4.00 e. The maximum atomic E-state index is 10.4. The standard InChI is InChI=1S/4C7H8O3S.Ti/c4*1-6-2-4-7(5-3-6)11(8,9)10;/h4*2-5H,1H3,(H,8,9,10);/q;;;;+4/p-4. The van der Waals surface area contributed by atoms with Gasteiger partial charge in [-0.3, -0.25) is 0 Å². The Morgan fingerprint density at radius 2 is 0.422 bits per heavy atom. The minimum Gasteiger partial charge on any atom is -0.744 e. The van der Waals surface area contributed by atoms with Gasteiger partial charge in [0.2, 0.25) is 0 Å². The van der Waals surface area contributed by atoms with Crippen LogP contribution in [0.2, 0.25) is 0 Å². The van der Waals surface area contributed by atoms with Gasteiger partial charge in [-0.15, -0.1) is 0 Å². The SMILES string of the molecule is Cc1ccc(S(=O)(=O)[O-])cc1.Cc1ccc(S(=O)(=O)[O-])cc1.Cc1ccc(S(=O)(=O)[O-])cc1.Cc1ccc(S(=O)(=O)[O-])cc1.[Ti+4]. The fourth-order valence-electron chi connectivity index (χ4n) is 2.82. The Labute approximate surface area is 279 Å². The molecule has 12 nitrogen and oxygen atoms in total. The molecule has 4 rings (SSSR count). The summed E-state index contributed by atoms with van der Waals surface area (Å²) < 4.78 is 125. The van der Waals surface area contributed by atoms with Gasteiger partial charge in [0.1, 0.15) is 40.5 Å². The average molecular weight is 733 g/mol. The van der Waals surface area contributed by atoms with Crippen LogP contribution in [0.4, 0.5) is 0 Å². The van der Waals surface area contributed by atoms with Gasteiger partial charge in [-0.1, -0.05) is 70.8 Å². The molecular formula is C28H28O12S4Ti. The molecule has 240 valence electrons. The number of rotatable bonds is 4. The molecule has 0 heterocycles. The monoisotopic (exact) mass is 732 g/mol. The van der Waals surface area contributed by atoms with Gasteiger partial charge in [0.05, 0.1) is 19.6 Å². The quantitative estimate of drug-likeness (QED) is 0.217. The van der Waals surface area contributed by atoms with Crippen molar-refractivity contribution in [2.45, 2.75) is 47.3 Å². The molecule has 0 spiro atoms. The molecule has 17 heteroatoms. The van der Waals surface area contributed by atoms with Crippen molar-refractivity contribution < 1.29 is 73.6 Å². The molecule has 0 aromatic heterocycles. The van der Waals surface area contributed by atoms with Crippen molar-refractivity contribution in [3.05, 3.63) is 119 Å². The van der Waals surface area contributed by atoms with Crippen LogP contribution >= 0.6 is 0 Å². The third-order valence-corrected chi connectivity index (χ3v) is 8.64. The Morgan fingerprint density at radius 1 is 0.311 bits per heavy atom. The van der Waals surface area contributed by atoms with Crippen molar-refractivity contribution >= 4 is 40.5 Å². The van der Waals surface area contributed by atoms with E-state index in [0.717, 1.165) is 22.3 Å². The van der Waals surface area contributed by atoms with Gasteiger partial charge in [0, 0.05) is 0 Å². The van der Waals surface area contributed by atoms with Crippen LogP contribution in [0.25, 0.3) is 0 Å². The van der Waals surface area contributed by atoms with E-state index in [1.807, 2.05) is 27.7 Å². The van der Waals surface area contributed by atoms with Crippen LogP contribution in [0.3, 0.4) is 0 Å². The first-order valence-electron chi connectivity index (χ1n) is 12.1. The van der Waals surface area contributed by atoms with Gasteiger partial charge in [-0.2, -0.15) is 0 Å². The van der Waals surface area contributed by atoms with Gasteiger partial charge >= 0.3 is 21.7 Å². The smallest absolute Gasteiger partial charge is 0.744 e. The Balaban J connectivity index is 0.000000569. The van der Waals surface area contributed by atoms with Crippen LogP contribution in [0.1, 0.15) is 22.3 Å². The van der Waals surface area contributed by atoms with Crippen LogP contribution in [0.15, 0.2) is 117 Å². The molecule has 0 aliphatic heterocycles. The molecule has 0 atom stereocenters. The molecule has 45 heavy (non-hydrogen) atoms. The van der Waals surface area contributed by atoms with E-state index in [9.17, 15) is 51.9 Å². The van der Waals surface area contributed by atoms with Crippen molar-refractivity contribution in [2.75, 3.05) is 0 Å². The summed E-state index contributed by atoms with van der Waals surface area (Å²) in [7, 11) is -17.1.